The number of allylic oxidation sites excluding steroid dienone is 1. The molecule has 0 rings (SSSR count). The third-order valence-electron chi connectivity index (χ3n) is 0.989. The molecule has 0 fully saturated rings. The van der Waals surface area contributed by atoms with Gasteiger partial charge in [-0.05, 0) is 12.8 Å². The van der Waals surface area contributed by atoms with Crippen molar-refractivity contribution in [3.8, 4) is 0 Å². The van der Waals surface area contributed by atoms with Crippen LogP contribution in [0.2, 0.25) is 0 Å². The van der Waals surface area contributed by atoms with Crippen LogP contribution in [0, 0.1) is 0 Å². The molecule has 0 aliphatic carbocycles. The van der Waals surface area contributed by atoms with Crippen LogP contribution in [0.5, 0.6) is 0 Å². The van der Waals surface area contributed by atoms with Crippen LogP contribution in [-0.2, 0) is 5.11 Å². The van der Waals surface area contributed by atoms with Gasteiger partial charge in [0.15, 0.2) is 0 Å². The molecule has 8 heavy (non-hydrogen) atoms. The molecule has 0 aliphatic heterocycles. The lowest BCUT2D eigenvalue weighted by molar-refractivity contribution is 0.126. The summed E-state index contributed by atoms with van der Waals surface area (Å²) in [5.41, 5.74) is 0. The van der Waals surface area contributed by atoms with Crippen molar-refractivity contribution in [3.05, 3.63) is 12.2 Å². The molecule has 0 N–H and O–H groups in total. The van der Waals surface area contributed by atoms with Gasteiger partial charge in [-0.1, -0.05) is 26.0 Å². The van der Waals surface area contributed by atoms with E-state index in [1.165, 1.54) is 0 Å². The van der Waals surface area contributed by atoms with Gasteiger partial charge in [-0.2, -0.15) is 0 Å². The smallest absolute Gasteiger partial charge is 0.111 e. The van der Waals surface area contributed by atoms with Crippen LogP contribution in [0.25, 0.3) is 0 Å². The monoisotopic (exact) mass is 113 g/mol. The van der Waals surface area contributed by atoms with E-state index in [4.69, 9.17) is 0 Å². The van der Waals surface area contributed by atoms with E-state index in [2.05, 4.69) is 0 Å². The minimum absolute atomic E-state index is 0.477. The Kier molecular flexibility index (Phi) is 4.67. The summed E-state index contributed by atoms with van der Waals surface area (Å²) in [6.07, 6.45) is 4.84. The van der Waals surface area contributed by atoms with Crippen molar-refractivity contribution in [2.75, 3.05) is 0 Å². The Morgan fingerprint density at radius 2 is 2.12 bits per heavy atom. The number of rotatable bonds is 3. The molecule has 1 radical (unpaired) electrons. The van der Waals surface area contributed by atoms with E-state index in [-0.39, 0.29) is 0 Å². The van der Waals surface area contributed by atoms with Gasteiger partial charge in [0, 0.05) is 0 Å². The molecule has 0 aromatic heterocycles. The van der Waals surface area contributed by atoms with Gasteiger partial charge in [0.25, 0.3) is 0 Å². The maximum Gasteiger partial charge on any atom is 0.111 e. The predicted octanol–water partition coefficient (Wildman–Crippen LogP) is 2.16. The highest BCUT2D eigenvalue weighted by molar-refractivity contribution is 4.86. The van der Waals surface area contributed by atoms with E-state index in [1.54, 1.807) is 6.08 Å². The predicted molar refractivity (Wildman–Crippen MR) is 34.2 cm³/mol. The highest BCUT2D eigenvalue weighted by Crippen LogP contribution is 1.92. The first-order valence-electron chi connectivity index (χ1n) is 3.13. The van der Waals surface area contributed by atoms with Gasteiger partial charge in [-0.15, -0.1) is 0 Å². The lowest BCUT2D eigenvalue weighted by Crippen LogP contribution is -1.94. The first-order chi connectivity index (χ1) is 3.81. The summed E-state index contributed by atoms with van der Waals surface area (Å²) in [6, 6.07) is 0. The molecule has 0 heterocycles. The van der Waals surface area contributed by atoms with E-state index in [1.807, 2.05) is 19.9 Å². The fourth-order valence-corrected chi connectivity index (χ4v) is 0.424. The summed E-state index contributed by atoms with van der Waals surface area (Å²) in [7, 11) is 0. The van der Waals surface area contributed by atoms with Crippen LogP contribution in [0.3, 0.4) is 0 Å². The van der Waals surface area contributed by atoms with Gasteiger partial charge < -0.3 is 0 Å². The van der Waals surface area contributed by atoms with Crippen molar-refractivity contribution in [1.29, 1.82) is 0 Å². The first-order valence-corrected chi connectivity index (χ1v) is 3.13. The quantitative estimate of drug-likeness (QED) is 0.500. The lowest BCUT2D eigenvalue weighted by atomic mass is 10.2. The van der Waals surface area contributed by atoms with E-state index >= 15 is 0 Å². The highest BCUT2D eigenvalue weighted by atomic mass is 16.3. The van der Waals surface area contributed by atoms with Crippen LogP contribution >= 0.6 is 0 Å². The Bertz CT molecular complexity index is 66.8. The van der Waals surface area contributed by atoms with Crippen molar-refractivity contribution < 1.29 is 5.11 Å². The highest BCUT2D eigenvalue weighted by Gasteiger charge is 1.91. The molecular weight excluding hydrogens is 100 g/mol. The van der Waals surface area contributed by atoms with Crippen LogP contribution in [0.1, 0.15) is 26.7 Å². The molecule has 0 saturated carbocycles. The molecule has 0 saturated heterocycles. The zero-order chi connectivity index (χ0) is 6.41. The Balaban J connectivity index is 3.21. The van der Waals surface area contributed by atoms with Crippen molar-refractivity contribution in [1.82, 2.24) is 0 Å². The van der Waals surface area contributed by atoms with E-state index in [9.17, 15) is 5.11 Å². The van der Waals surface area contributed by atoms with Gasteiger partial charge in [0.1, 0.15) is 6.10 Å². The molecule has 0 aromatic carbocycles. The normalized spacial score (nSPS) is 14.9. The van der Waals surface area contributed by atoms with Crippen molar-refractivity contribution in [2.24, 2.45) is 0 Å². The Morgan fingerprint density at radius 1 is 1.50 bits per heavy atom. The zero-order valence-corrected chi connectivity index (χ0v) is 5.55. The van der Waals surface area contributed by atoms with E-state index in [0.717, 1.165) is 6.42 Å². The molecule has 1 unspecified atom stereocenters. The topological polar surface area (TPSA) is 19.9 Å². The molecule has 0 aliphatic rings. The summed E-state index contributed by atoms with van der Waals surface area (Å²) in [5, 5.41) is 10.6. The third-order valence-corrected chi connectivity index (χ3v) is 0.989. The standard InChI is InChI=1S/C7H13O/c1-3-5-6-7(8)4-2/h5-7H,3-4H2,1-2H3. The summed E-state index contributed by atoms with van der Waals surface area (Å²) >= 11 is 0. The largest absolute Gasteiger partial charge is 0.229 e. The lowest BCUT2D eigenvalue weighted by Gasteiger charge is -1.92. The molecule has 47 valence electrons. The number of hydrogen-bond acceptors (Lipinski definition) is 0. The summed E-state index contributed by atoms with van der Waals surface area (Å²) in [6.45, 7) is 3.93. The summed E-state index contributed by atoms with van der Waals surface area (Å²) in [5.74, 6) is 0. The van der Waals surface area contributed by atoms with Crippen LogP contribution in [-0.4, -0.2) is 6.10 Å². The molecule has 0 aromatic rings. The minimum Gasteiger partial charge on any atom is -0.229 e. The van der Waals surface area contributed by atoms with Crippen molar-refractivity contribution in [3.63, 3.8) is 0 Å². The minimum atomic E-state index is -0.477. The molecule has 0 spiro atoms. The van der Waals surface area contributed by atoms with Crippen LogP contribution in [0.4, 0.5) is 0 Å². The summed E-state index contributed by atoms with van der Waals surface area (Å²) < 4.78 is 0. The molecular formula is C7H13O. The van der Waals surface area contributed by atoms with Gasteiger partial charge in [-0.25, -0.2) is 5.11 Å². The van der Waals surface area contributed by atoms with Gasteiger partial charge in [0.2, 0.25) is 0 Å². The number of hydrogen-bond donors (Lipinski definition) is 0. The fourth-order valence-electron chi connectivity index (χ4n) is 0.424. The SMILES string of the molecule is CCC=CC([O])CC. The third kappa shape index (κ3) is 3.88. The average Bonchev–Trinajstić information content (AvgIpc) is 1.83. The van der Waals surface area contributed by atoms with Gasteiger partial charge >= 0.3 is 0 Å². The maximum absolute atomic E-state index is 10.6. The molecule has 1 heteroatoms. The summed E-state index contributed by atoms with van der Waals surface area (Å²) in [4.78, 5) is 0. The molecule has 1 nitrogen and oxygen atoms in total. The van der Waals surface area contributed by atoms with Crippen LogP contribution in [0.15, 0.2) is 12.2 Å². The Labute approximate surface area is 51.0 Å². The fraction of sp³-hybridized carbons (Fsp3) is 0.714. The Hall–Kier alpha value is -0.300. The van der Waals surface area contributed by atoms with Gasteiger partial charge in [-0.3, -0.25) is 0 Å². The molecule has 0 bridgehead atoms. The van der Waals surface area contributed by atoms with E-state index in [0.29, 0.717) is 6.42 Å². The molecule has 1 atom stereocenters. The maximum atomic E-state index is 10.6. The van der Waals surface area contributed by atoms with Gasteiger partial charge in [0.05, 0.1) is 0 Å². The molecule has 0 amide bonds. The van der Waals surface area contributed by atoms with Crippen molar-refractivity contribution >= 4 is 0 Å². The Morgan fingerprint density at radius 3 is 2.50 bits per heavy atom. The van der Waals surface area contributed by atoms with Crippen LogP contribution < -0.4 is 0 Å². The second-order valence-electron chi connectivity index (χ2n) is 1.78. The van der Waals surface area contributed by atoms with Crippen molar-refractivity contribution in [2.45, 2.75) is 32.8 Å². The second-order valence-corrected chi connectivity index (χ2v) is 1.78. The average molecular weight is 113 g/mol. The first kappa shape index (κ1) is 7.70. The second kappa shape index (κ2) is 4.85. The zero-order valence-electron chi connectivity index (χ0n) is 5.55. The van der Waals surface area contributed by atoms with E-state index < -0.39 is 6.10 Å².